The van der Waals surface area contributed by atoms with Crippen molar-refractivity contribution in [3.05, 3.63) is 48.7 Å². The van der Waals surface area contributed by atoms with Crippen molar-refractivity contribution in [3.63, 3.8) is 0 Å². The van der Waals surface area contributed by atoms with Gasteiger partial charge in [-0.2, -0.15) is 0 Å². The lowest BCUT2D eigenvalue weighted by Crippen LogP contribution is -2.26. The Bertz CT molecular complexity index is 944. The van der Waals surface area contributed by atoms with Crippen LogP contribution in [0.15, 0.2) is 52.5 Å². The van der Waals surface area contributed by atoms with E-state index in [4.69, 9.17) is 9.15 Å². The zero-order valence-electron chi connectivity index (χ0n) is 16.6. The number of rotatable bonds is 11. The maximum absolute atomic E-state index is 12.2. The van der Waals surface area contributed by atoms with Gasteiger partial charge in [-0.25, -0.2) is 0 Å². The van der Waals surface area contributed by atoms with Crippen LogP contribution < -0.4 is 5.32 Å². The summed E-state index contributed by atoms with van der Waals surface area (Å²) < 4.78 is 12.2. The van der Waals surface area contributed by atoms with Crippen molar-refractivity contribution in [1.82, 2.24) is 25.1 Å². The van der Waals surface area contributed by atoms with Crippen LogP contribution in [-0.4, -0.2) is 50.5 Å². The fourth-order valence-corrected chi connectivity index (χ4v) is 3.45. The highest BCUT2D eigenvalue weighted by atomic mass is 32.2. The van der Waals surface area contributed by atoms with E-state index in [1.54, 1.807) is 25.6 Å². The smallest absolute Gasteiger partial charge is 0.305 e. The molecule has 0 aliphatic heterocycles. The molecule has 0 fully saturated rings. The topological polar surface area (TPSA) is 112 Å². The average molecular weight is 430 g/mol. The van der Waals surface area contributed by atoms with Gasteiger partial charge in [0.05, 0.1) is 25.2 Å². The lowest BCUT2D eigenvalue weighted by atomic mass is 10.2. The van der Waals surface area contributed by atoms with Crippen LogP contribution in [0, 0.1) is 0 Å². The monoisotopic (exact) mass is 429 g/mol. The number of pyridine rings is 1. The molecule has 10 heteroatoms. The van der Waals surface area contributed by atoms with Crippen molar-refractivity contribution in [2.75, 3.05) is 18.9 Å². The highest BCUT2D eigenvalue weighted by Gasteiger charge is 2.17. The Morgan fingerprint density at radius 2 is 2.17 bits per heavy atom. The van der Waals surface area contributed by atoms with E-state index < -0.39 is 0 Å². The maximum Gasteiger partial charge on any atom is 0.305 e. The molecule has 3 rings (SSSR count). The van der Waals surface area contributed by atoms with Crippen LogP contribution in [0.5, 0.6) is 0 Å². The molecule has 0 aromatic carbocycles. The molecule has 0 spiro atoms. The first-order valence-electron chi connectivity index (χ1n) is 9.58. The molecule has 0 bridgehead atoms. The summed E-state index contributed by atoms with van der Waals surface area (Å²) in [6.45, 7) is 2.98. The molecular weight excluding hydrogens is 406 g/mol. The van der Waals surface area contributed by atoms with Crippen LogP contribution in [0.4, 0.5) is 0 Å². The Kier molecular flexibility index (Phi) is 8.02. The van der Waals surface area contributed by atoms with Gasteiger partial charge in [0.25, 0.3) is 0 Å². The second-order valence-corrected chi connectivity index (χ2v) is 7.20. The van der Waals surface area contributed by atoms with E-state index >= 15 is 0 Å². The van der Waals surface area contributed by atoms with Crippen LogP contribution in [0.2, 0.25) is 0 Å². The molecule has 0 aliphatic carbocycles. The Morgan fingerprint density at radius 1 is 1.27 bits per heavy atom. The van der Waals surface area contributed by atoms with Gasteiger partial charge >= 0.3 is 5.97 Å². The average Bonchev–Trinajstić information content (AvgIpc) is 3.41. The quantitative estimate of drug-likeness (QED) is 0.281. The second kappa shape index (κ2) is 11.1. The largest absolute Gasteiger partial charge is 0.467 e. The van der Waals surface area contributed by atoms with E-state index in [1.807, 2.05) is 28.8 Å². The second-order valence-electron chi connectivity index (χ2n) is 6.26. The molecule has 0 atom stereocenters. The van der Waals surface area contributed by atoms with Crippen LogP contribution in [-0.2, 0) is 20.9 Å². The van der Waals surface area contributed by atoms with Gasteiger partial charge in [-0.1, -0.05) is 11.8 Å². The van der Waals surface area contributed by atoms with Crippen molar-refractivity contribution < 1.29 is 18.7 Å². The number of hydrogen-bond acceptors (Lipinski definition) is 8. The van der Waals surface area contributed by atoms with Gasteiger partial charge in [-0.15, -0.1) is 10.2 Å². The van der Waals surface area contributed by atoms with Gasteiger partial charge in [-0.3, -0.25) is 19.1 Å². The molecule has 0 saturated carbocycles. The number of esters is 1. The Labute approximate surface area is 178 Å². The van der Waals surface area contributed by atoms with E-state index in [0.717, 1.165) is 11.3 Å². The molecule has 1 N–H and O–H groups in total. The normalized spacial score (nSPS) is 10.7. The molecule has 158 valence electrons. The minimum Gasteiger partial charge on any atom is -0.467 e. The number of hydrogen-bond donors (Lipinski definition) is 1. The summed E-state index contributed by atoms with van der Waals surface area (Å²) in [5.41, 5.74) is 0.826. The first-order valence-corrected chi connectivity index (χ1v) is 10.6. The molecule has 0 aliphatic rings. The Balaban J connectivity index is 1.59. The first kappa shape index (κ1) is 21.6. The van der Waals surface area contributed by atoms with Gasteiger partial charge in [0, 0.05) is 30.9 Å². The zero-order valence-corrected chi connectivity index (χ0v) is 17.4. The number of thioether (sulfide) groups is 1. The summed E-state index contributed by atoms with van der Waals surface area (Å²) in [7, 11) is 0. The van der Waals surface area contributed by atoms with E-state index in [9.17, 15) is 9.59 Å². The van der Waals surface area contributed by atoms with E-state index in [1.165, 1.54) is 11.8 Å². The molecule has 3 aromatic heterocycles. The van der Waals surface area contributed by atoms with Crippen molar-refractivity contribution in [2.24, 2.45) is 0 Å². The van der Waals surface area contributed by atoms with Gasteiger partial charge in [-0.05, 0) is 37.6 Å². The predicted molar refractivity (Wildman–Crippen MR) is 111 cm³/mol. The summed E-state index contributed by atoms with van der Waals surface area (Å²) in [6, 6.07) is 7.43. The molecular formula is C20H23N5O4S. The third-order valence-corrected chi connectivity index (χ3v) is 5.01. The summed E-state index contributed by atoms with van der Waals surface area (Å²) in [4.78, 5) is 27.6. The van der Waals surface area contributed by atoms with Gasteiger partial charge in [0.15, 0.2) is 11.0 Å². The molecule has 9 nitrogen and oxygen atoms in total. The molecule has 0 saturated heterocycles. The SMILES string of the molecule is CCOC(=O)CCCNC(=O)CSc1nnc(-c2cccnc2)n1Cc1ccco1. The molecule has 1 amide bonds. The van der Waals surface area contributed by atoms with Gasteiger partial charge in [0.1, 0.15) is 5.76 Å². The van der Waals surface area contributed by atoms with E-state index in [0.29, 0.717) is 37.1 Å². The first-order chi connectivity index (χ1) is 14.7. The number of carbonyl (C=O) groups is 2. The minimum absolute atomic E-state index is 0.140. The fourth-order valence-electron chi connectivity index (χ4n) is 2.68. The van der Waals surface area contributed by atoms with Crippen LogP contribution in [0.1, 0.15) is 25.5 Å². The number of ether oxygens (including phenoxy) is 1. The number of furan rings is 1. The van der Waals surface area contributed by atoms with Gasteiger partial charge in [0.2, 0.25) is 5.91 Å². The molecule has 30 heavy (non-hydrogen) atoms. The highest BCUT2D eigenvalue weighted by molar-refractivity contribution is 7.99. The Morgan fingerprint density at radius 3 is 2.90 bits per heavy atom. The molecule has 3 heterocycles. The number of amides is 1. The number of nitrogens with one attached hydrogen (secondary N) is 1. The van der Waals surface area contributed by atoms with Crippen molar-refractivity contribution in [2.45, 2.75) is 31.5 Å². The third-order valence-electron chi connectivity index (χ3n) is 4.05. The highest BCUT2D eigenvalue weighted by Crippen LogP contribution is 2.24. The van der Waals surface area contributed by atoms with E-state index in [-0.39, 0.29) is 24.1 Å². The third kappa shape index (κ3) is 6.18. The fraction of sp³-hybridized carbons (Fsp3) is 0.350. The molecule has 0 unspecified atom stereocenters. The molecule has 0 radical (unpaired) electrons. The molecule has 3 aromatic rings. The summed E-state index contributed by atoms with van der Waals surface area (Å²) in [5.74, 6) is 1.19. The summed E-state index contributed by atoms with van der Waals surface area (Å²) in [6.07, 6.45) is 5.84. The predicted octanol–water partition coefficient (Wildman–Crippen LogP) is 2.53. The van der Waals surface area contributed by atoms with Crippen molar-refractivity contribution >= 4 is 23.6 Å². The summed E-state index contributed by atoms with van der Waals surface area (Å²) >= 11 is 1.29. The zero-order chi connectivity index (χ0) is 21.2. The maximum atomic E-state index is 12.2. The number of nitrogens with zero attached hydrogens (tertiary/aromatic N) is 4. The van der Waals surface area contributed by atoms with E-state index in [2.05, 4.69) is 20.5 Å². The number of carbonyl (C=O) groups excluding carboxylic acids is 2. The van der Waals surface area contributed by atoms with Crippen LogP contribution in [0.25, 0.3) is 11.4 Å². The Hall–Kier alpha value is -3.14. The lowest BCUT2D eigenvalue weighted by Gasteiger charge is -2.09. The van der Waals surface area contributed by atoms with Crippen LogP contribution in [0.3, 0.4) is 0 Å². The van der Waals surface area contributed by atoms with Crippen LogP contribution >= 0.6 is 11.8 Å². The van der Waals surface area contributed by atoms with Crippen molar-refractivity contribution in [1.29, 1.82) is 0 Å². The van der Waals surface area contributed by atoms with Crippen molar-refractivity contribution in [3.8, 4) is 11.4 Å². The number of aromatic nitrogens is 4. The summed E-state index contributed by atoms with van der Waals surface area (Å²) in [5, 5.41) is 11.9. The minimum atomic E-state index is -0.255. The standard InChI is InChI=1S/C20H23N5O4S/c1-2-28-18(27)8-4-10-22-17(26)14-30-20-24-23-19(15-6-3-9-21-12-15)25(20)13-16-7-5-11-29-16/h3,5-7,9,11-12H,2,4,8,10,13-14H2,1H3,(H,22,26). The lowest BCUT2D eigenvalue weighted by molar-refractivity contribution is -0.143. The van der Waals surface area contributed by atoms with Gasteiger partial charge < -0.3 is 14.5 Å².